The summed E-state index contributed by atoms with van der Waals surface area (Å²) in [6.45, 7) is 7.31. The van der Waals surface area contributed by atoms with E-state index in [4.69, 9.17) is 0 Å². The average molecular weight is 341 g/mol. The molecule has 2 aromatic rings. The number of thiazole rings is 1. The van der Waals surface area contributed by atoms with Crippen molar-refractivity contribution in [1.29, 1.82) is 0 Å². The van der Waals surface area contributed by atoms with E-state index in [9.17, 15) is 4.79 Å². The SMILES string of the molecule is Cc1csc2nc(CN3CCC4CNCC4C3)cc(=O)n12.Cl. The van der Waals surface area contributed by atoms with Gasteiger partial charge in [-0.2, -0.15) is 0 Å². The van der Waals surface area contributed by atoms with E-state index in [1.54, 1.807) is 21.8 Å². The van der Waals surface area contributed by atoms with Crippen LogP contribution in [0.1, 0.15) is 17.8 Å². The second-order valence-corrected chi connectivity index (χ2v) is 7.12. The predicted molar refractivity (Wildman–Crippen MR) is 91.1 cm³/mol. The van der Waals surface area contributed by atoms with Crippen molar-refractivity contribution in [3.63, 3.8) is 0 Å². The molecule has 4 rings (SSSR count). The molecule has 0 spiro atoms. The molecule has 2 aliphatic heterocycles. The largest absolute Gasteiger partial charge is 0.316 e. The van der Waals surface area contributed by atoms with Gasteiger partial charge in [0.2, 0.25) is 0 Å². The first-order chi connectivity index (χ1) is 10.2. The van der Waals surface area contributed by atoms with Crippen LogP contribution in [-0.2, 0) is 6.54 Å². The quantitative estimate of drug-likeness (QED) is 0.900. The summed E-state index contributed by atoms with van der Waals surface area (Å²) in [5, 5.41) is 5.48. The summed E-state index contributed by atoms with van der Waals surface area (Å²) >= 11 is 1.54. The van der Waals surface area contributed by atoms with E-state index in [0.29, 0.717) is 0 Å². The first-order valence-electron chi connectivity index (χ1n) is 7.60. The third-order valence-electron chi connectivity index (χ3n) is 4.80. The molecule has 7 heteroatoms. The van der Waals surface area contributed by atoms with Crippen LogP contribution in [0.15, 0.2) is 16.2 Å². The lowest BCUT2D eigenvalue weighted by molar-refractivity contribution is 0.141. The third-order valence-corrected chi connectivity index (χ3v) is 5.75. The zero-order valence-corrected chi connectivity index (χ0v) is 14.3. The van der Waals surface area contributed by atoms with E-state index in [1.165, 1.54) is 13.0 Å². The molecule has 2 fully saturated rings. The first-order valence-corrected chi connectivity index (χ1v) is 8.48. The van der Waals surface area contributed by atoms with Gasteiger partial charge in [0.25, 0.3) is 5.56 Å². The van der Waals surface area contributed by atoms with Crippen molar-refractivity contribution in [3.8, 4) is 0 Å². The fourth-order valence-corrected chi connectivity index (χ4v) is 4.56. The molecular formula is C15H21ClN4OS. The van der Waals surface area contributed by atoms with Gasteiger partial charge in [-0.05, 0) is 44.8 Å². The minimum absolute atomic E-state index is 0. The number of likely N-dealkylation sites (tertiary alicyclic amines) is 1. The smallest absolute Gasteiger partial charge is 0.259 e. The van der Waals surface area contributed by atoms with Crippen LogP contribution in [0.25, 0.3) is 4.96 Å². The van der Waals surface area contributed by atoms with Crippen LogP contribution in [0.3, 0.4) is 0 Å². The van der Waals surface area contributed by atoms with Crippen LogP contribution < -0.4 is 10.9 Å². The van der Waals surface area contributed by atoms with Gasteiger partial charge in [-0.15, -0.1) is 23.7 Å². The zero-order valence-electron chi connectivity index (χ0n) is 12.6. The number of nitrogens with one attached hydrogen (secondary N) is 1. The molecule has 2 atom stereocenters. The Hall–Kier alpha value is -0.950. The van der Waals surface area contributed by atoms with Crippen molar-refractivity contribution in [2.75, 3.05) is 26.2 Å². The molecule has 0 amide bonds. The Bertz CT molecular complexity index is 728. The van der Waals surface area contributed by atoms with E-state index in [2.05, 4.69) is 15.2 Å². The van der Waals surface area contributed by atoms with E-state index >= 15 is 0 Å². The average Bonchev–Trinajstić information content (AvgIpc) is 3.05. The highest BCUT2D eigenvalue weighted by atomic mass is 35.5. The topological polar surface area (TPSA) is 49.6 Å². The second kappa shape index (κ2) is 6.28. The van der Waals surface area contributed by atoms with Crippen molar-refractivity contribution in [2.45, 2.75) is 19.9 Å². The van der Waals surface area contributed by atoms with Gasteiger partial charge in [0.1, 0.15) is 0 Å². The van der Waals surface area contributed by atoms with Crippen molar-refractivity contribution in [3.05, 3.63) is 33.2 Å². The highest BCUT2D eigenvalue weighted by Gasteiger charge is 2.32. The number of aromatic nitrogens is 2. The van der Waals surface area contributed by atoms with Gasteiger partial charge in [0, 0.05) is 30.2 Å². The van der Waals surface area contributed by atoms with Crippen molar-refractivity contribution in [2.24, 2.45) is 11.8 Å². The molecular weight excluding hydrogens is 320 g/mol. The number of piperidine rings is 1. The minimum atomic E-state index is 0. The molecule has 22 heavy (non-hydrogen) atoms. The molecule has 0 radical (unpaired) electrons. The molecule has 1 N–H and O–H groups in total. The number of halogens is 1. The Morgan fingerprint density at radius 1 is 1.41 bits per heavy atom. The highest BCUT2D eigenvalue weighted by Crippen LogP contribution is 2.27. The number of rotatable bonds is 2. The summed E-state index contributed by atoms with van der Waals surface area (Å²) < 4.78 is 1.70. The Kier molecular flexibility index (Phi) is 4.54. The minimum Gasteiger partial charge on any atom is -0.316 e. The summed E-state index contributed by atoms with van der Waals surface area (Å²) in [6.07, 6.45) is 1.26. The van der Waals surface area contributed by atoms with Gasteiger partial charge in [-0.25, -0.2) is 4.98 Å². The van der Waals surface area contributed by atoms with E-state index in [0.717, 1.165) is 54.4 Å². The van der Waals surface area contributed by atoms with E-state index in [-0.39, 0.29) is 18.0 Å². The summed E-state index contributed by atoms with van der Waals surface area (Å²) in [5.41, 5.74) is 1.93. The molecule has 0 aliphatic carbocycles. The molecule has 0 saturated carbocycles. The van der Waals surface area contributed by atoms with Crippen LogP contribution >= 0.6 is 23.7 Å². The molecule has 2 unspecified atom stereocenters. The molecule has 120 valence electrons. The Balaban J connectivity index is 0.00000144. The molecule has 2 saturated heterocycles. The van der Waals surface area contributed by atoms with Gasteiger partial charge < -0.3 is 5.32 Å². The summed E-state index contributed by atoms with van der Waals surface area (Å²) in [6, 6.07) is 1.70. The molecule has 4 heterocycles. The lowest BCUT2D eigenvalue weighted by Gasteiger charge is -2.34. The van der Waals surface area contributed by atoms with Crippen LogP contribution in [0.5, 0.6) is 0 Å². The summed E-state index contributed by atoms with van der Waals surface area (Å²) in [4.78, 5) is 20.1. The Labute approximate surface area is 139 Å². The maximum Gasteiger partial charge on any atom is 0.259 e. The van der Waals surface area contributed by atoms with Crippen LogP contribution in [0, 0.1) is 18.8 Å². The molecule has 2 aliphatic rings. The fourth-order valence-electron chi connectivity index (χ4n) is 3.66. The van der Waals surface area contributed by atoms with Crippen LogP contribution in [0.2, 0.25) is 0 Å². The standard InChI is InChI=1S/C15H20N4OS.ClH/c1-10-9-21-15-17-13(4-14(20)19(10)15)8-18-3-2-11-5-16-6-12(11)7-18;/h4,9,11-12,16H,2-3,5-8H2,1H3;1H. The predicted octanol–water partition coefficient (Wildman–Crippen LogP) is 1.53. The maximum absolute atomic E-state index is 12.2. The molecule has 5 nitrogen and oxygen atoms in total. The van der Waals surface area contributed by atoms with Gasteiger partial charge >= 0.3 is 0 Å². The first kappa shape index (κ1) is 15.9. The Morgan fingerprint density at radius 2 is 2.23 bits per heavy atom. The Morgan fingerprint density at radius 3 is 3.09 bits per heavy atom. The van der Waals surface area contributed by atoms with E-state index in [1.807, 2.05) is 12.3 Å². The number of fused-ring (bicyclic) bond motifs is 2. The zero-order chi connectivity index (χ0) is 14.4. The number of nitrogens with zero attached hydrogens (tertiary/aromatic N) is 3. The number of hydrogen-bond acceptors (Lipinski definition) is 5. The molecule has 2 aromatic heterocycles. The normalized spacial score (nSPS) is 25.1. The molecule has 0 aromatic carbocycles. The summed E-state index contributed by atoms with van der Waals surface area (Å²) in [7, 11) is 0. The third kappa shape index (κ3) is 2.80. The maximum atomic E-state index is 12.2. The number of aryl methyl sites for hydroxylation is 1. The van der Waals surface area contributed by atoms with Gasteiger partial charge in [0.05, 0.1) is 5.69 Å². The van der Waals surface area contributed by atoms with Crippen LogP contribution in [0.4, 0.5) is 0 Å². The second-order valence-electron chi connectivity index (χ2n) is 6.28. The van der Waals surface area contributed by atoms with Crippen molar-refractivity contribution in [1.82, 2.24) is 19.6 Å². The van der Waals surface area contributed by atoms with Crippen molar-refractivity contribution < 1.29 is 0 Å². The van der Waals surface area contributed by atoms with Gasteiger partial charge in [-0.1, -0.05) is 0 Å². The van der Waals surface area contributed by atoms with E-state index < -0.39 is 0 Å². The highest BCUT2D eigenvalue weighted by molar-refractivity contribution is 7.15. The van der Waals surface area contributed by atoms with Crippen molar-refractivity contribution >= 4 is 28.7 Å². The fraction of sp³-hybridized carbons (Fsp3) is 0.600. The lowest BCUT2D eigenvalue weighted by Crippen LogP contribution is -2.39. The summed E-state index contributed by atoms with van der Waals surface area (Å²) in [5.74, 6) is 1.62. The monoisotopic (exact) mass is 340 g/mol. The number of hydrogen-bond donors (Lipinski definition) is 1. The van der Waals surface area contributed by atoms with Gasteiger partial charge in [-0.3, -0.25) is 14.1 Å². The van der Waals surface area contributed by atoms with Gasteiger partial charge in [0.15, 0.2) is 4.96 Å². The lowest BCUT2D eigenvalue weighted by atomic mass is 9.89. The van der Waals surface area contributed by atoms with Crippen LogP contribution in [-0.4, -0.2) is 40.5 Å². The molecule has 0 bridgehead atoms.